The van der Waals surface area contributed by atoms with E-state index in [9.17, 15) is 0 Å². The largest absolute Gasteiger partial charge is 0.309 e. The molecule has 17 heavy (non-hydrogen) atoms. The summed E-state index contributed by atoms with van der Waals surface area (Å²) in [4.78, 5) is 5.72. The van der Waals surface area contributed by atoms with Crippen molar-refractivity contribution in [3.8, 4) is 0 Å². The second-order valence-electron chi connectivity index (χ2n) is 3.99. The maximum Gasteiger partial charge on any atom is 0.0931 e. The Hall–Kier alpha value is -0.900. The fraction of sp³-hybridized carbons (Fsp3) is 0.308. The molecule has 2 nitrogen and oxygen atoms in total. The van der Waals surface area contributed by atoms with E-state index in [4.69, 9.17) is 11.6 Å². The zero-order valence-electron chi connectivity index (χ0n) is 10.1. The van der Waals surface area contributed by atoms with Crippen molar-refractivity contribution in [1.29, 1.82) is 0 Å². The van der Waals surface area contributed by atoms with Gasteiger partial charge in [0.25, 0.3) is 0 Å². The fourth-order valence-corrected chi connectivity index (χ4v) is 3.13. The lowest BCUT2D eigenvalue weighted by Crippen LogP contribution is -2.18. The van der Waals surface area contributed by atoms with E-state index in [0.717, 1.165) is 15.7 Å². The number of pyridine rings is 1. The van der Waals surface area contributed by atoms with Crippen LogP contribution in [0.1, 0.15) is 27.9 Å². The summed E-state index contributed by atoms with van der Waals surface area (Å²) in [6, 6.07) is 8.34. The first-order valence-corrected chi connectivity index (χ1v) is 6.68. The van der Waals surface area contributed by atoms with Crippen molar-refractivity contribution < 1.29 is 0 Å². The second kappa shape index (κ2) is 5.17. The van der Waals surface area contributed by atoms with Gasteiger partial charge in [-0.25, -0.2) is 0 Å². The van der Waals surface area contributed by atoms with Crippen LogP contribution in [0.4, 0.5) is 0 Å². The van der Waals surface area contributed by atoms with Gasteiger partial charge in [0.2, 0.25) is 0 Å². The SMILES string of the molecule is CNC(c1ccc(Cl)s1)c1ccc(C)nc1C. The summed E-state index contributed by atoms with van der Waals surface area (Å²) >= 11 is 7.59. The standard InChI is InChI=1S/C13H15ClN2S/c1-8-4-5-10(9(2)16-8)13(15-3)11-6-7-12(14)17-11/h4-7,13,15H,1-3H3. The zero-order valence-corrected chi connectivity index (χ0v) is 11.7. The van der Waals surface area contributed by atoms with Crippen LogP contribution in [0.25, 0.3) is 0 Å². The Labute approximate surface area is 111 Å². The molecule has 0 radical (unpaired) electrons. The number of aryl methyl sites for hydroxylation is 2. The minimum absolute atomic E-state index is 0.167. The van der Waals surface area contributed by atoms with Gasteiger partial charge in [-0.05, 0) is 44.7 Å². The maximum atomic E-state index is 5.99. The van der Waals surface area contributed by atoms with E-state index in [-0.39, 0.29) is 6.04 Å². The Kier molecular flexibility index (Phi) is 3.82. The molecule has 2 aromatic heterocycles. The summed E-state index contributed by atoms with van der Waals surface area (Å²) in [5, 5.41) is 3.32. The summed E-state index contributed by atoms with van der Waals surface area (Å²) in [5.74, 6) is 0. The number of hydrogen-bond acceptors (Lipinski definition) is 3. The van der Waals surface area contributed by atoms with Crippen LogP contribution in [0.5, 0.6) is 0 Å². The predicted molar refractivity (Wildman–Crippen MR) is 73.9 cm³/mol. The van der Waals surface area contributed by atoms with Crippen molar-refractivity contribution >= 4 is 22.9 Å². The highest BCUT2D eigenvalue weighted by Crippen LogP contribution is 2.31. The third-order valence-corrected chi connectivity index (χ3v) is 4.04. The van der Waals surface area contributed by atoms with Crippen molar-refractivity contribution in [3.05, 3.63) is 50.4 Å². The minimum Gasteiger partial charge on any atom is -0.309 e. The molecule has 0 saturated heterocycles. The van der Waals surface area contributed by atoms with Crippen LogP contribution in [0.3, 0.4) is 0 Å². The van der Waals surface area contributed by atoms with Gasteiger partial charge in [0.15, 0.2) is 0 Å². The molecule has 0 aliphatic rings. The van der Waals surface area contributed by atoms with E-state index in [1.807, 2.05) is 33.0 Å². The summed E-state index contributed by atoms with van der Waals surface area (Å²) in [7, 11) is 1.96. The zero-order chi connectivity index (χ0) is 12.4. The fourth-order valence-electron chi connectivity index (χ4n) is 1.94. The van der Waals surface area contributed by atoms with E-state index >= 15 is 0 Å². The molecule has 2 heterocycles. The van der Waals surface area contributed by atoms with Crippen molar-refractivity contribution in [2.24, 2.45) is 0 Å². The van der Waals surface area contributed by atoms with Gasteiger partial charge >= 0.3 is 0 Å². The minimum atomic E-state index is 0.167. The van der Waals surface area contributed by atoms with Crippen LogP contribution in [-0.2, 0) is 0 Å². The molecule has 0 aromatic carbocycles. The molecule has 0 aliphatic heterocycles. The molecule has 2 rings (SSSR count). The third kappa shape index (κ3) is 2.68. The van der Waals surface area contributed by atoms with Gasteiger partial charge in [-0.15, -0.1) is 11.3 Å². The quantitative estimate of drug-likeness (QED) is 0.916. The van der Waals surface area contributed by atoms with Crippen LogP contribution in [0.15, 0.2) is 24.3 Å². The number of halogens is 1. The molecular weight excluding hydrogens is 252 g/mol. The average Bonchev–Trinajstić information content (AvgIpc) is 2.69. The van der Waals surface area contributed by atoms with Crippen molar-refractivity contribution in [3.63, 3.8) is 0 Å². The van der Waals surface area contributed by atoms with Gasteiger partial charge in [-0.2, -0.15) is 0 Å². The van der Waals surface area contributed by atoms with Crippen LogP contribution in [0, 0.1) is 13.8 Å². The second-order valence-corrected chi connectivity index (χ2v) is 5.74. The number of aromatic nitrogens is 1. The highest BCUT2D eigenvalue weighted by Gasteiger charge is 2.16. The summed E-state index contributed by atoms with van der Waals surface area (Å²) in [6.07, 6.45) is 0. The topological polar surface area (TPSA) is 24.9 Å². The lowest BCUT2D eigenvalue weighted by molar-refractivity contribution is 0.693. The summed E-state index contributed by atoms with van der Waals surface area (Å²) in [5.41, 5.74) is 3.32. The molecular formula is C13H15ClN2S. The Morgan fingerprint density at radius 2 is 2.00 bits per heavy atom. The van der Waals surface area contributed by atoms with Crippen LogP contribution < -0.4 is 5.32 Å². The normalized spacial score (nSPS) is 12.7. The van der Waals surface area contributed by atoms with Gasteiger partial charge in [0.05, 0.1) is 10.4 Å². The molecule has 1 N–H and O–H groups in total. The summed E-state index contributed by atoms with van der Waals surface area (Å²) in [6.45, 7) is 4.05. The predicted octanol–water partition coefficient (Wildman–Crippen LogP) is 3.72. The Bertz CT molecular complexity index is 522. The Morgan fingerprint density at radius 3 is 2.53 bits per heavy atom. The first-order chi connectivity index (χ1) is 8.11. The molecule has 0 amide bonds. The molecule has 1 atom stereocenters. The van der Waals surface area contributed by atoms with Crippen molar-refractivity contribution in [2.45, 2.75) is 19.9 Å². The van der Waals surface area contributed by atoms with Gasteiger partial charge in [0.1, 0.15) is 0 Å². The van der Waals surface area contributed by atoms with Gasteiger partial charge in [-0.3, -0.25) is 4.98 Å². The number of thiophene rings is 1. The molecule has 0 saturated carbocycles. The van der Waals surface area contributed by atoms with Gasteiger partial charge in [0, 0.05) is 16.3 Å². The lowest BCUT2D eigenvalue weighted by atomic mass is 10.0. The number of nitrogens with zero attached hydrogens (tertiary/aromatic N) is 1. The molecule has 90 valence electrons. The Morgan fingerprint density at radius 1 is 1.24 bits per heavy atom. The van der Waals surface area contributed by atoms with Crippen molar-refractivity contribution in [2.75, 3.05) is 7.05 Å². The Balaban J connectivity index is 2.42. The molecule has 1 unspecified atom stereocenters. The smallest absolute Gasteiger partial charge is 0.0931 e. The third-order valence-electron chi connectivity index (χ3n) is 2.74. The lowest BCUT2D eigenvalue weighted by Gasteiger charge is -2.17. The molecule has 4 heteroatoms. The molecule has 0 aliphatic carbocycles. The molecule has 0 fully saturated rings. The van der Waals surface area contributed by atoms with E-state index in [2.05, 4.69) is 22.4 Å². The van der Waals surface area contributed by atoms with Gasteiger partial charge < -0.3 is 5.32 Å². The summed E-state index contributed by atoms with van der Waals surface area (Å²) < 4.78 is 0.818. The highest BCUT2D eigenvalue weighted by atomic mass is 35.5. The number of rotatable bonds is 3. The monoisotopic (exact) mass is 266 g/mol. The van der Waals surface area contributed by atoms with E-state index in [1.165, 1.54) is 10.4 Å². The van der Waals surface area contributed by atoms with E-state index in [1.54, 1.807) is 11.3 Å². The van der Waals surface area contributed by atoms with Crippen molar-refractivity contribution in [1.82, 2.24) is 10.3 Å². The first kappa shape index (κ1) is 12.6. The van der Waals surface area contributed by atoms with E-state index in [0.29, 0.717) is 0 Å². The van der Waals surface area contributed by atoms with Crippen LogP contribution in [-0.4, -0.2) is 12.0 Å². The highest BCUT2D eigenvalue weighted by molar-refractivity contribution is 7.16. The maximum absolute atomic E-state index is 5.99. The van der Waals surface area contributed by atoms with Gasteiger partial charge in [-0.1, -0.05) is 17.7 Å². The van der Waals surface area contributed by atoms with Crippen LogP contribution >= 0.6 is 22.9 Å². The molecule has 2 aromatic rings. The number of hydrogen-bond donors (Lipinski definition) is 1. The number of nitrogens with one attached hydrogen (secondary N) is 1. The van der Waals surface area contributed by atoms with E-state index < -0.39 is 0 Å². The molecule has 0 bridgehead atoms. The molecule has 0 spiro atoms. The first-order valence-electron chi connectivity index (χ1n) is 5.48. The average molecular weight is 267 g/mol. The van der Waals surface area contributed by atoms with Crippen LogP contribution in [0.2, 0.25) is 4.34 Å².